The molecule has 0 aromatic rings. The maximum absolute atomic E-state index is 9.96. The molecule has 0 unspecified atom stereocenters. The van der Waals surface area contributed by atoms with Crippen LogP contribution in [-0.4, -0.2) is 6.29 Å². The molecule has 0 saturated carbocycles. The highest BCUT2D eigenvalue weighted by molar-refractivity contribution is 5.65. The molecule has 17 heavy (non-hydrogen) atoms. The third-order valence-corrected chi connectivity index (χ3v) is 2.30. The molecule has 1 nitrogen and oxygen atoms in total. The Bertz CT molecular complexity index is 269. The maximum atomic E-state index is 9.96. The first-order valence-electron chi connectivity index (χ1n) is 6.50. The first-order chi connectivity index (χ1) is 8.41. The lowest BCUT2D eigenvalue weighted by Crippen LogP contribution is -1.74. The van der Waals surface area contributed by atoms with Crippen LogP contribution in [0, 0.1) is 0 Å². The van der Waals surface area contributed by atoms with E-state index in [1.807, 2.05) is 18.2 Å². The highest BCUT2D eigenvalue weighted by atomic mass is 16.1. The number of unbranched alkanes of at least 4 members (excludes halogenated alkanes) is 4. The SMILES string of the molecule is CCC=CCCCCCC=CC=CC=CC=O. The fraction of sp³-hybridized carbons (Fsp3) is 0.438. The van der Waals surface area contributed by atoms with E-state index in [1.54, 1.807) is 6.08 Å². The molecule has 0 amide bonds. The summed E-state index contributed by atoms with van der Waals surface area (Å²) in [5.74, 6) is 0. The van der Waals surface area contributed by atoms with Gasteiger partial charge in [0.05, 0.1) is 0 Å². The highest BCUT2D eigenvalue weighted by Gasteiger charge is 1.84. The van der Waals surface area contributed by atoms with Gasteiger partial charge in [-0.1, -0.05) is 55.9 Å². The molecule has 0 radical (unpaired) electrons. The van der Waals surface area contributed by atoms with Gasteiger partial charge in [-0.2, -0.15) is 0 Å². The lowest BCUT2D eigenvalue weighted by molar-refractivity contribution is -0.104. The minimum atomic E-state index is 0.779. The monoisotopic (exact) mass is 232 g/mol. The largest absolute Gasteiger partial charge is 0.299 e. The van der Waals surface area contributed by atoms with Crippen LogP contribution in [-0.2, 0) is 4.79 Å². The number of rotatable bonds is 10. The van der Waals surface area contributed by atoms with E-state index in [4.69, 9.17) is 0 Å². The van der Waals surface area contributed by atoms with Crippen LogP contribution in [0.5, 0.6) is 0 Å². The molecular weight excluding hydrogens is 208 g/mol. The number of hydrogen-bond donors (Lipinski definition) is 0. The minimum absolute atomic E-state index is 0.779. The van der Waals surface area contributed by atoms with Crippen molar-refractivity contribution in [3.63, 3.8) is 0 Å². The average Bonchev–Trinajstić information content (AvgIpc) is 2.35. The van der Waals surface area contributed by atoms with E-state index in [-0.39, 0.29) is 0 Å². The van der Waals surface area contributed by atoms with Crippen molar-refractivity contribution in [2.24, 2.45) is 0 Å². The predicted molar refractivity (Wildman–Crippen MR) is 76.0 cm³/mol. The van der Waals surface area contributed by atoms with E-state index in [2.05, 4.69) is 25.2 Å². The van der Waals surface area contributed by atoms with Crippen molar-refractivity contribution in [1.82, 2.24) is 0 Å². The van der Waals surface area contributed by atoms with Crippen molar-refractivity contribution in [3.05, 3.63) is 48.6 Å². The molecule has 0 rings (SSSR count). The molecular formula is C16H24O. The van der Waals surface area contributed by atoms with Crippen LogP contribution >= 0.6 is 0 Å². The van der Waals surface area contributed by atoms with Crippen molar-refractivity contribution in [1.29, 1.82) is 0 Å². The normalized spacial score (nSPS) is 12.5. The molecule has 0 fully saturated rings. The number of carbonyl (C=O) groups excluding carboxylic acids is 1. The maximum Gasteiger partial charge on any atom is 0.142 e. The van der Waals surface area contributed by atoms with Gasteiger partial charge >= 0.3 is 0 Å². The number of allylic oxidation sites excluding steroid dienone is 8. The van der Waals surface area contributed by atoms with Gasteiger partial charge in [-0.25, -0.2) is 0 Å². The quantitative estimate of drug-likeness (QED) is 0.174. The van der Waals surface area contributed by atoms with Gasteiger partial charge in [0.25, 0.3) is 0 Å². The third kappa shape index (κ3) is 14.6. The molecule has 0 saturated heterocycles. The molecule has 94 valence electrons. The standard InChI is InChI=1S/C16H24O/c1-2-3-4-5-6-7-8-9-10-11-12-13-14-15-16-17/h3-4,10-16H,2,5-9H2,1H3. The first kappa shape index (κ1) is 15.6. The minimum Gasteiger partial charge on any atom is -0.299 e. The van der Waals surface area contributed by atoms with E-state index in [0.717, 1.165) is 19.1 Å². The number of carbonyl (C=O) groups is 1. The smallest absolute Gasteiger partial charge is 0.142 e. The first-order valence-corrected chi connectivity index (χ1v) is 6.50. The molecule has 1 heteroatoms. The Balaban J connectivity index is 3.30. The molecule has 0 aliphatic rings. The van der Waals surface area contributed by atoms with E-state index in [9.17, 15) is 4.79 Å². The van der Waals surface area contributed by atoms with Crippen LogP contribution in [0.3, 0.4) is 0 Å². The lowest BCUT2D eigenvalue weighted by Gasteiger charge is -1.94. The summed E-state index contributed by atoms with van der Waals surface area (Å²) >= 11 is 0. The molecule has 0 bridgehead atoms. The second-order valence-corrected chi connectivity index (χ2v) is 3.85. The molecule has 0 aliphatic heterocycles. The molecule has 0 aromatic carbocycles. The summed E-state index contributed by atoms with van der Waals surface area (Å²) in [6.07, 6.45) is 23.9. The fourth-order valence-electron chi connectivity index (χ4n) is 1.40. The lowest BCUT2D eigenvalue weighted by atomic mass is 10.1. The molecule has 0 aliphatic carbocycles. The van der Waals surface area contributed by atoms with E-state index in [0.29, 0.717) is 0 Å². The Morgan fingerprint density at radius 3 is 2.06 bits per heavy atom. The van der Waals surface area contributed by atoms with Crippen LogP contribution in [0.4, 0.5) is 0 Å². The average molecular weight is 232 g/mol. The van der Waals surface area contributed by atoms with Crippen molar-refractivity contribution in [2.75, 3.05) is 0 Å². The van der Waals surface area contributed by atoms with Crippen LogP contribution in [0.1, 0.15) is 45.4 Å². The summed E-state index contributed by atoms with van der Waals surface area (Å²) in [6.45, 7) is 2.17. The van der Waals surface area contributed by atoms with E-state index < -0.39 is 0 Å². The van der Waals surface area contributed by atoms with Gasteiger partial charge < -0.3 is 0 Å². The van der Waals surface area contributed by atoms with Gasteiger partial charge in [-0.15, -0.1) is 0 Å². The van der Waals surface area contributed by atoms with Crippen LogP contribution in [0.2, 0.25) is 0 Å². The topological polar surface area (TPSA) is 17.1 Å². The fourth-order valence-corrected chi connectivity index (χ4v) is 1.40. The molecule has 0 spiro atoms. The summed E-state index contributed by atoms with van der Waals surface area (Å²) in [7, 11) is 0. The van der Waals surface area contributed by atoms with E-state index >= 15 is 0 Å². The van der Waals surface area contributed by atoms with Gasteiger partial charge in [-0.3, -0.25) is 4.79 Å². The molecule has 0 aromatic heterocycles. The highest BCUT2D eigenvalue weighted by Crippen LogP contribution is 2.04. The molecule has 0 heterocycles. The second-order valence-electron chi connectivity index (χ2n) is 3.85. The Kier molecular flexibility index (Phi) is 13.5. The zero-order chi connectivity index (χ0) is 12.6. The summed E-state index contributed by atoms with van der Waals surface area (Å²) in [5, 5.41) is 0. The predicted octanol–water partition coefficient (Wildman–Crippen LogP) is 4.77. The Morgan fingerprint density at radius 2 is 1.35 bits per heavy atom. The molecule has 0 N–H and O–H groups in total. The van der Waals surface area contributed by atoms with Gasteiger partial charge in [0, 0.05) is 0 Å². The summed E-state index contributed by atoms with van der Waals surface area (Å²) in [6, 6.07) is 0. The van der Waals surface area contributed by atoms with Crippen molar-refractivity contribution in [2.45, 2.75) is 45.4 Å². The zero-order valence-electron chi connectivity index (χ0n) is 10.8. The summed E-state index contributed by atoms with van der Waals surface area (Å²) < 4.78 is 0. The zero-order valence-corrected chi connectivity index (χ0v) is 10.8. The van der Waals surface area contributed by atoms with Crippen molar-refractivity contribution in [3.8, 4) is 0 Å². The number of hydrogen-bond acceptors (Lipinski definition) is 1. The Morgan fingerprint density at radius 1 is 0.706 bits per heavy atom. The van der Waals surface area contributed by atoms with Crippen molar-refractivity contribution < 1.29 is 4.79 Å². The Hall–Kier alpha value is -1.37. The van der Waals surface area contributed by atoms with Crippen LogP contribution < -0.4 is 0 Å². The van der Waals surface area contributed by atoms with Gasteiger partial charge in [0.2, 0.25) is 0 Å². The van der Waals surface area contributed by atoms with Crippen molar-refractivity contribution >= 4 is 6.29 Å². The van der Waals surface area contributed by atoms with Gasteiger partial charge in [-0.05, 0) is 38.2 Å². The van der Waals surface area contributed by atoms with Gasteiger partial charge in [0.1, 0.15) is 6.29 Å². The number of aldehydes is 1. The summed E-state index contributed by atoms with van der Waals surface area (Å²) in [4.78, 5) is 9.96. The second kappa shape index (κ2) is 14.6. The van der Waals surface area contributed by atoms with Crippen LogP contribution in [0.15, 0.2) is 48.6 Å². The van der Waals surface area contributed by atoms with Gasteiger partial charge in [0.15, 0.2) is 0 Å². The van der Waals surface area contributed by atoms with E-state index in [1.165, 1.54) is 31.8 Å². The van der Waals surface area contributed by atoms with Crippen LogP contribution in [0.25, 0.3) is 0 Å². The Labute approximate surface area is 106 Å². The molecule has 0 atom stereocenters. The summed E-state index contributed by atoms with van der Waals surface area (Å²) in [5.41, 5.74) is 0. The third-order valence-electron chi connectivity index (χ3n) is 2.30.